The highest BCUT2D eigenvalue weighted by Gasteiger charge is 2.24. The SMILES string of the molecule is CN(CCOCCC[SH](C)C)C(=O)C(C)(C)C. The van der Waals surface area contributed by atoms with Crippen molar-refractivity contribution in [1.29, 1.82) is 0 Å². The normalized spacial score (nSPS) is 12.5. The van der Waals surface area contributed by atoms with Gasteiger partial charge in [0.2, 0.25) is 5.91 Å². The Bertz CT molecular complexity index is 224. The Morgan fingerprint density at radius 2 is 1.82 bits per heavy atom. The number of thiol groups is 1. The molecule has 1 amide bonds. The van der Waals surface area contributed by atoms with E-state index in [2.05, 4.69) is 12.5 Å². The Morgan fingerprint density at radius 3 is 2.29 bits per heavy atom. The van der Waals surface area contributed by atoms with Crippen molar-refractivity contribution in [3.8, 4) is 0 Å². The molecule has 0 aromatic heterocycles. The lowest BCUT2D eigenvalue weighted by Crippen LogP contribution is -2.38. The van der Waals surface area contributed by atoms with Gasteiger partial charge in [0.25, 0.3) is 0 Å². The topological polar surface area (TPSA) is 29.5 Å². The van der Waals surface area contributed by atoms with Crippen LogP contribution in [0.4, 0.5) is 0 Å². The maximum absolute atomic E-state index is 11.8. The van der Waals surface area contributed by atoms with Gasteiger partial charge in [-0.05, 0) is 24.7 Å². The molecule has 0 saturated carbocycles. The van der Waals surface area contributed by atoms with E-state index in [1.54, 1.807) is 4.90 Å². The van der Waals surface area contributed by atoms with Crippen molar-refractivity contribution in [1.82, 2.24) is 4.90 Å². The number of amides is 1. The predicted octanol–water partition coefficient (Wildman–Crippen LogP) is 2.16. The second kappa shape index (κ2) is 7.98. The highest BCUT2D eigenvalue weighted by atomic mass is 32.2. The molecular weight excluding hydrogens is 234 g/mol. The van der Waals surface area contributed by atoms with Crippen LogP contribution >= 0.6 is 10.9 Å². The van der Waals surface area contributed by atoms with E-state index in [-0.39, 0.29) is 22.2 Å². The number of carbonyl (C=O) groups is 1. The van der Waals surface area contributed by atoms with Gasteiger partial charge in [0.1, 0.15) is 0 Å². The van der Waals surface area contributed by atoms with Crippen LogP contribution in [0.1, 0.15) is 27.2 Å². The third kappa shape index (κ3) is 8.50. The lowest BCUT2D eigenvalue weighted by atomic mass is 9.95. The first-order valence-corrected chi connectivity index (χ1v) is 8.65. The number of nitrogens with zero attached hydrogens (tertiary/aromatic N) is 1. The first-order valence-electron chi connectivity index (χ1n) is 6.23. The maximum atomic E-state index is 11.8. The Labute approximate surface area is 109 Å². The number of hydrogen-bond acceptors (Lipinski definition) is 2. The molecule has 0 aliphatic carbocycles. The van der Waals surface area contributed by atoms with Crippen LogP contribution in [0.25, 0.3) is 0 Å². The van der Waals surface area contributed by atoms with Crippen LogP contribution in [0.2, 0.25) is 0 Å². The van der Waals surface area contributed by atoms with Crippen molar-refractivity contribution in [3.63, 3.8) is 0 Å². The van der Waals surface area contributed by atoms with E-state index in [0.717, 1.165) is 13.0 Å². The summed E-state index contributed by atoms with van der Waals surface area (Å²) in [6, 6.07) is 0. The second-order valence-corrected chi connectivity index (χ2v) is 8.35. The minimum atomic E-state index is -0.297. The fourth-order valence-electron chi connectivity index (χ4n) is 1.46. The summed E-state index contributed by atoms with van der Waals surface area (Å²) in [4.78, 5) is 13.6. The molecule has 0 N–H and O–H groups in total. The van der Waals surface area contributed by atoms with Gasteiger partial charge in [0.15, 0.2) is 0 Å². The number of rotatable bonds is 7. The molecule has 4 heteroatoms. The summed E-state index contributed by atoms with van der Waals surface area (Å²) in [5.41, 5.74) is -0.297. The molecule has 0 radical (unpaired) electrons. The van der Waals surface area contributed by atoms with E-state index >= 15 is 0 Å². The van der Waals surface area contributed by atoms with Gasteiger partial charge in [-0.3, -0.25) is 15.7 Å². The van der Waals surface area contributed by atoms with Crippen molar-refractivity contribution in [3.05, 3.63) is 0 Å². The summed E-state index contributed by atoms with van der Waals surface area (Å²) >= 11 is 0. The average Bonchev–Trinajstić information content (AvgIpc) is 2.19. The van der Waals surface area contributed by atoms with Crippen molar-refractivity contribution in [2.24, 2.45) is 5.41 Å². The molecule has 0 heterocycles. The zero-order valence-electron chi connectivity index (χ0n) is 12.2. The molecule has 0 saturated heterocycles. The van der Waals surface area contributed by atoms with Gasteiger partial charge < -0.3 is 9.64 Å². The number of hydrogen-bond donors (Lipinski definition) is 1. The fourth-order valence-corrected chi connectivity index (χ4v) is 2.22. The highest BCUT2D eigenvalue weighted by molar-refractivity contribution is 8.15. The monoisotopic (exact) mass is 263 g/mol. The van der Waals surface area contributed by atoms with Gasteiger partial charge in [0.05, 0.1) is 6.61 Å². The average molecular weight is 263 g/mol. The summed E-state index contributed by atoms with van der Waals surface area (Å²) < 4.78 is 5.53. The van der Waals surface area contributed by atoms with E-state index < -0.39 is 0 Å². The van der Waals surface area contributed by atoms with Crippen LogP contribution in [-0.2, 0) is 9.53 Å². The molecule has 0 atom stereocenters. The minimum Gasteiger partial charge on any atom is -0.380 e. The molecule has 0 unspecified atom stereocenters. The van der Waals surface area contributed by atoms with E-state index in [1.165, 1.54) is 5.75 Å². The predicted molar refractivity (Wildman–Crippen MR) is 78.2 cm³/mol. The summed E-state index contributed by atoms with van der Waals surface area (Å²) in [6.07, 6.45) is 5.70. The van der Waals surface area contributed by atoms with Crippen molar-refractivity contribution < 1.29 is 9.53 Å². The van der Waals surface area contributed by atoms with Gasteiger partial charge in [0, 0.05) is 25.6 Å². The summed E-state index contributed by atoms with van der Waals surface area (Å²) in [5, 5.41) is 0. The first-order chi connectivity index (χ1) is 7.75. The van der Waals surface area contributed by atoms with Gasteiger partial charge in [-0.1, -0.05) is 20.8 Å². The van der Waals surface area contributed by atoms with Gasteiger partial charge in [-0.2, -0.15) is 0 Å². The van der Waals surface area contributed by atoms with Crippen molar-refractivity contribution in [2.45, 2.75) is 27.2 Å². The van der Waals surface area contributed by atoms with E-state index in [9.17, 15) is 4.79 Å². The largest absolute Gasteiger partial charge is 0.380 e. The molecule has 104 valence electrons. The van der Waals surface area contributed by atoms with Crippen molar-refractivity contribution >= 4 is 16.8 Å². The Morgan fingerprint density at radius 1 is 1.24 bits per heavy atom. The quantitative estimate of drug-likeness (QED) is 0.563. The van der Waals surface area contributed by atoms with Crippen LogP contribution in [0.3, 0.4) is 0 Å². The van der Waals surface area contributed by atoms with Crippen molar-refractivity contribution in [2.75, 3.05) is 45.1 Å². The van der Waals surface area contributed by atoms with Crippen LogP contribution in [0.15, 0.2) is 0 Å². The van der Waals surface area contributed by atoms with Gasteiger partial charge in [-0.25, -0.2) is 0 Å². The summed E-state index contributed by atoms with van der Waals surface area (Å²) in [7, 11) is 2.04. The molecule has 0 aliphatic rings. The first kappa shape index (κ1) is 16.8. The van der Waals surface area contributed by atoms with Gasteiger partial charge in [-0.15, -0.1) is 0 Å². The number of carbonyl (C=O) groups excluding carboxylic acids is 1. The Balaban J connectivity index is 3.59. The molecule has 0 aromatic carbocycles. The van der Waals surface area contributed by atoms with Gasteiger partial charge >= 0.3 is 0 Å². The van der Waals surface area contributed by atoms with Crippen LogP contribution in [0.5, 0.6) is 0 Å². The van der Waals surface area contributed by atoms with Crippen LogP contribution < -0.4 is 0 Å². The molecule has 0 bridgehead atoms. The van der Waals surface area contributed by atoms with E-state index in [4.69, 9.17) is 4.74 Å². The second-order valence-electron chi connectivity index (χ2n) is 5.75. The molecule has 0 aromatic rings. The molecule has 3 nitrogen and oxygen atoms in total. The summed E-state index contributed by atoms with van der Waals surface area (Å²) in [6.45, 7) is 7.97. The highest BCUT2D eigenvalue weighted by Crippen LogP contribution is 2.16. The lowest BCUT2D eigenvalue weighted by Gasteiger charge is -2.25. The zero-order chi connectivity index (χ0) is 13.5. The molecule has 0 fully saturated rings. The minimum absolute atomic E-state index is 0.173. The molecule has 0 rings (SSSR count). The number of likely N-dealkylation sites (N-methyl/N-ethyl adjacent to an activating group) is 1. The Hall–Kier alpha value is -0.220. The fraction of sp³-hybridized carbons (Fsp3) is 0.923. The van der Waals surface area contributed by atoms with E-state index in [1.807, 2.05) is 27.8 Å². The lowest BCUT2D eigenvalue weighted by molar-refractivity contribution is -0.138. The maximum Gasteiger partial charge on any atom is 0.227 e. The standard InChI is InChI=1S/C13H29NO2S/c1-13(2,3)12(15)14(4)8-10-16-9-7-11-17(5)6/h17H,7-11H2,1-6H3. The smallest absolute Gasteiger partial charge is 0.227 e. The Kier molecular flexibility index (Phi) is 7.88. The third-order valence-corrected chi connectivity index (χ3v) is 3.66. The van der Waals surface area contributed by atoms with E-state index in [0.29, 0.717) is 13.2 Å². The zero-order valence-corrected chi connectivity index (χ0v) is 13.1. The molecule has 0 spiro atoms. The summed E-state index contributed by atoms with van der Waals surface area (Å²) in [5.74, 6) is 1.44. The molecule has 0 aliphatic heterocycles. The van der Waals surface area contributed by atoms with Crippen LogP contribution in [-0.4, -0.2) is 55.9 Å². The number of ether oxygens (including phenoxy) is 1. The van der Waals surface area contributed by atoms with Crippen LogP contribution in [0, 0.1) is 5.41 Å². The molecule has 17 heavy (non-hydrogen) atoms. The molecular formula is C13H29NO2S. The third-order valence-electron chi connectivity index (χ3n) is 2.45.